The average molecular weight is 818 g/mol. The molecule has 322 valence electrons. The molecular weight excluding hydrogens is 751 g/mol. The van der Waals surface area contributed by atoms with E-state index in [1.54, 1.807) is 37.6 Å². The monoisotopic (exact) mass is 818 g/mol. The van der Waals surface area contributed by atoms with Crippen LogP contribution < -0.4 is 5.32 Å². The molecule has 7 aromatic heterocycles. The van der Waals surface area contributed by atoms with Gasteiger partial charge < -0.3 is 23.6 Å². The Hall–Kier alpha value is -5.60. The van der Waals surface area contributed by atoms with Crippen LogP contribution in [0.15, 0.2) is 48.5 Å². The fraction of sp³-hybridized carbons (Fsp3) is 0.556. The number of nitrogens with zero attached hydrogens (tertiary/aromatic N) is 14. The molecule has 7 aromatic rings. The van der Waals surface area contributed by atoms with Crippen LogP contribution in [0, 0.1) is 0 Å². The zero-order valence-electron chi connectivity index (χ0n) is 38.7. The Morgan fingerprint density at radius 3 is 1.63 bits per heavy atom. The standard InChI is InChI=1S/C12H17N3.C11H18N4.2C11H16N4/c1-8(2)11-5-10-6-13-7-14-12(10)15(11)9(3)4;2*1-7(2)10-14-9-5-12-6-13-11(9)15(10)8(3)4;1-7(2)10-14-9-11(13-6-5-12-9)15(10)8(3)4/h5-9H,1-4H3;6-8H,5H2,1-4H3,(H,12,13);2*5-8H,1-4H3. The van der Waals surface area contributed by atoms with E-state index in [0.29, 0.717) is 54.4 Å². The SMILES string of the molecule is CC(C)c1cc2cncnc2n1C(C)C.CC(C)c1nc2c(n1C(C)C)NC=NC2.CC(C)c1nc2cncnc2n1C(C)C.CC(C)c1nc2nccnc2n1C(C)C. The number of anilines is 1. The summed E-state index contributed by atoms with van der Waals surface area (Å²) in [7, 11) is 0. The van der Waals surface area contributed by atoms with Gasteiger partial charge in [-0.15, -0.1) is 0 Å². The third kappa shape index (κ3) is 9.88. The number of imidazole rings is 3. The first-order chi connectivity index (χ1) is 28.4. The van der Waals surface area contributed by atoms with E-state index in [1.807, 2.05) is 6.20 Å². The number of hydrogen-bond donors (Lipinski definition) is 1. The van der Waals surface area contributed by atoms with Gasteiger partial charge in [-0.1, -0.05) is 55.4 Å². The van der Waals surface area contributed by atoms with E-state index in [9.17, 15) is 0 Å². The van der Waals surface area contributed by atoms with Crippen molar-refractivity contribution in [1.82, 2.24) is 63.1 Å². The molecule has 0 saturated heterocycles. The molecule has 8 heterocycles. The molecule has 15 nitrogen and oxygen atoms in total. The molecule has 0 aliphatic carbocycles. The molecule has 1 aliphatic rings. The van der Waals surface area contributed by atoms with Crippen LogP contribution in [0.4, 0.5) is 5.82 Å². The molecule has 60 heavy (non-hydrogen) atoms. The van der Waals surface area contributed by atoms with Gasteiger partial charge in [-0.2, -0.15) is 0 Å². The van der Waals surface area contributed by atoms with Crippen molar-refractivity contribution >= 4 is 45.6 Å². The lowest BCUT2D eigenvalue weighted by Gasteiger charge is -2.18. The topological polar surface area (TPSA) is 160 Å². The maximum atomic E-state index is 4.66. The first kappa shape index (κ1) is 45.5. The van der Waals surface area contributed by atoms with Crippen LogP contribution in [0.25, 0.3) is 33.5 Å². The van der Waals surface area contributed by atoms with Gasteiger partial charge in [0, 0.05) is 71.6 Å². The second-order valence-corrected chi connectivity index (χ2v) is 17.6. The van der Waals surface area contributed by atoms with Crippen LogP contribution in [-0.4, -0.2) is 69.5 Å². The number of aliphatic imine (C=N–C) groups is 1. The third-order valence-corrected chi connectivity index (χ3v) is 10.0. The van der Waals surface area contributed by atoms with Gasteiger partial charge in [0.1, 0.15) is 52.8 Å². The Bertz CT molecular complexity index is 2270. The molecule has 0 atom stereocenters. The summed E-state index contributed by atoms with van der Waals surface area (Å²) in [5, 5.41) is 4.33. The summed E-state index contributed by atoms with van der Waals surface area (Å²) in [5.41, 5.74) is 6.89. The van der Waals surface area contributed by atoms with Gasteiger partial charge in [0.25, 0.3) is 0 Å². The van der Waals surface area contributed by atoms with Gasteiger partial charge in [-0.05, 0) is 67.4 Å². The number of fused-ring (bicyclic) bond motifs is 4. The normalized spacial score (nSPS) is 12.5. The zero-order chi connectivity index (χ0) is 44.0. The highest BCUT2D eigenvalue weighted by Gasteiger charge is 2.22. The van der Waals surface area contributed by atoms with Crippen LogP contribution in [0.2, 0.25) is 0 Å². The molecule has 0 amide bonds. The van der Waals surface area contributed by atoms with E-state index < -0.39 is 0 Å². The van der Waals surface area contributed by atoms with Crippen molar-refractivity contribution in [3.05, 3.63) is 72.4 Å². The summed E-state index contributed by atoms with van der Waals surface area (Å²) in [5.74, 6) is 6.16. The predicted molar refractivity (Wildman–Crippen MR) is 244 cm³/mol. The smallest absolute Gasteiger partial charge is 0.197 e. The number of nitrogens with one attached hydrogen (secondary N) is 1. The summed E-state index contributed by atoms with van der Waals surface area (Å²) >= 11 is 0. The second kappa shape index (κ2) is 19.6. The molecule has 1 aliphatic heterocycles. The molecular formula is C45H67N15. The van der Waals surface area contributed by atoms with E-state index in [2.05, 4.69) is 190 Å². The highest BCUT2D eigenvalue weighted by Crippen LogP contribution is 2.30. The summed E-state index contributed by atoms with van der Waals surface area (Å²) < 4.78 is 8.90. The molecule has 0 radical (unpaired) electrons. The maximum absolute atomic E-state index is 4.66. The fourth-order valence-corrected chi connectivity index (χ4v) is 7.45. The van der Waals surface area contributed by atoms with Gasteiger partial charge in [-0.3, -0.25) is 4.99 Å². The van der Waals surface area contributed by atoms with Crippen molar-refractivity contribution in [1.29, 1.82) is 0 Å². The minimum absolute atomic E-state index is 0.365. The van der Waals surface area contributed by atoms with E-state index in [-0.39, 0.29) is 0 Å². The van der Waals surface area contributed by atoms with Crippen molar-refractivity contribution < 1.29 is 0 Å². The number of rotatable bonds is 8. The summed E-state index contributed by atoms with van der Waals surface area (Å²) in [6.45, 7) is 35.3. The van der Waals surface area contributed by atoms with Crippen molar-refractivity contribution in [2.75, 3.05) is 5.32 Å². The second-order valence-electron chi connectivity index (χ2n) is 17.6. The molecule has 0 bridgehead atoms. The Morgan fingerprint density at radius 2 is 1.05 bits per heavy atom. The molecule has 8 rings (SSSR count). The van der Waals surface area contributed by atoms with Crippen molar-refractivity contribution in [2.24, 2.45) is 4.99 Å². The lowest BCUT2D eigenvalue weighted by Crippen LogP contribution is -2.13. The zero-order valence-corrected chi connectivity index (χ0v) is 38.7. The van der Waals surface area contributed by atoms with Gasteiger partial charge in [0.15, 0.2) is 16.9 Å². The number of hydrogen-bond acceptors (Lipinski definition) is 11. The molecule has 1 N–H and O–H groups in total. The van der Waals surface area contributed by atoms with E-state index in [4.69, 9.17) is 0 Å². The maximum Gasteiger partial charge on any atom is 0.197 e. The molecule has 0 unspecified atom stereocenters. The molecule has 0 saturated carbocycles. The highest BCUT2D eigenvalue weighted by atomic mass is 15.2. The minimum Gasteiger partial charge on any atom is -0.331 e. The average Bonchev–Trinajstić information content (AvgIpc) is 3.98. The predicted octanol–water partition coefficient (Wildman–Crippen LogP) is 10.7. The number of aromatic nitrogens is 13. The molecule has 0 fully saturated rings. The van der Waals surface area contributed by atoms with Gasteiger partial charge in [0.05, 0.1) is 19.1 Å². The van der Waals surface area contributed by atoms with Crippen molar-refractivity contribution in [3.63, 3.8) is 0 Å². The van der Waals surface area contributed by atoms with Crippen LogP contribution in [0.1, 0.15) is 187 Å². The van der Waals surface area contributed by atoms with Crippen molar-refractivity contribution in [2.45, 2.75) is 165 Å². The molecule has 15 heteroatoms. The van der Waals surface area contributed by atoms with Gasteiger partial charge in [-0.25, -0.2) is 44.9 Å². The molecule has 0 spiro atoms. The minimum atomic E-state index is 0.365. The first-order valence-corrected chi connectivity index (χ1v) is 21.5. The van der Waals surface area contributed by atoms with Gasteiger partial charge in [0.2, 0.25) is 0 Å². The summed E-state index contributed by atoms with van der Waals surface area (Å²) in [4.78, 5) is 43.2. The van der Waals surface area contributed by atoms with Crippen LogP contribution >= 0.6 is 0 Å². The summed E-state index contributed by atoms with van der Waals surface area (Å²) in [6, 6.07) is 3.80. The Labute approximate surface area is 355 Å². The van der Waals surface area contributed by atoms with Crippen molar-refractivity contribution in [3.8, 4) is 0 Å². The van der Waals surface area contributed by atoms with E-state index in [1.165, 1.54) is 5.69 Å². The van der Waals surface area contributed by atoms with Crippen LogP contribution in [-0.2, 0) is 6.54 Å². The Balaban J connectivity index is 0.000000152. The van der Waals surface area contributed by atoms with Gasteiger partial charge >= 0.3 is 0 Å². The fourth-order valence-electron chi connectivity index (χ4n) is 7.45. The largest absolute Gasteiger partial charge is 0.331 e. The first-order valence-electron chi connectivity index (χ1n) is 21.5. The quantitative estimate of drug-likeness (QED) is 0.156. The Kier molecular flexibility index (Phi) is 14.9. The lowest BCUT2D eigenvalue weighted by atomic mass is 10.1. The third-order valence-electron chi connectivity index (χ3n) is 10.0. The van der Waals surface area contributed by atoms with E-state index >= 15 is 0 Å². The summed E-state index contributed by atoms with van der Waals surface area (Å²) in [6.07, 6.45) is 12.0. The lowest BCUT2D eigenvalue weighted by molar-refractivity contribution is 0.556. The van der Waals surface area contributed by atoms with E-state index in [0.717, 1.165) is 62.5 Å². The van der Waals surface area contributed by atoms with Crippen LogP contribution in [0.3, 0.4) is 0 Å². The highest BCUT2D eigenvalue weighted by molar-refractivity contribution is 5.78. The Morgan fingerprint density at radius 1 is 0.517 bits per heavy atom. The molecule has 0 aromatic carbocycles. The van der Waals surface area contributed by atoms with Crippen LogP contribution in [0.5, 0.6) is 0 Å².